The number of carbonyl (C=O) groups is 1. The van der Waals surface area contributed by atoms with Crippen LogP contribution in [0, 0.1) is 0 Å². The van der Waals surface area contributed by atoms with Crippen LogP contribution in [-0.4, -0.2) is 35.9 Å². The minimum atomic E-state index is -0.338. The van der Waals surface area contributed by atoms with E-state index in [1.165, 1.54) is 0 Å². The van der Waals surface area contributed by atoms with Crippen molar-refractivity contribution in [3.8, 4) is 5.75 Å². The summed E-state index contributed by atoms with van der Waals surface area (Å²) in [6.07, 6.45) is 2.96. The third kappa shape index (κ3) is 4.10. The van der Waals surface area contributed by atoms with E-state index in [0.29, 0.717) is 37.8 Å². The molecule has 0 bridgehead atoms. The first-order chi connectivity index (χ1) is 12.2. The van der Waals surface area contributed by atoms with Gasteiger partial charge in [0.1, 0.15) is 12.4 Å². The highest BCUT2D eigenvalue weighted by Gasteiger charge is 2.22. The zero-order valence-corrected chi connectivity index (χ0v) is 14.7. The van der Waals surface area contributed by atoms with Crippen molar-refractivity contribution in [1.82, 2.24) is 10.1 Å². The van der Waals surface area contributed by atoms with E-state index in [1.54, 1.807) is 25.1 Å². The molecule has 0 saturated carbocycles. The number of fused-ring (bicyclic) bond motifs is 1. The summed E-state index contributed by atoms with van der Waals surface area (Å²) in [5.41, 5.74) is 1.34. The molecule has 1 aromatic carbocycles. The second-order valence-electron chi connectivity index (χ2n) is 5.88. The molecular weight excluding hydrogens is 322 g/mol. The van der Waals surface area contributed by atoms with Gasteiger partial charge in [0.25, 0.3) is 0 Å². The summed E-state index contributed by atoms with van der Waals surface area (Å²) < 4.78 is 16.1. The van der Waals surface area contributed by atoms with E-state index in [4.69, 9.17) is 14.0 Å². The molecule has 0 atom stereocenters. The van der Waals surface area contributed by atoms with Gasteiger partial charge in [0, 0.05) is 6.42 Å². The number of rotatable bonds is 7. The zero-order valence-electron chi connectivity index (χ0n) is 14.7. The molecule has 7 nitrogen and oxygen atoms in total. The molecule has 2 heterocycles. The highest BCUT2D eigenvalue weighted by atomic mass is 16.5. The molecule has 3 rings (SSSR count). The number of aromatic nitrogens is 2. The average Bonchev–Trinajstić information content (AvgIpc) is 3.07. The summed E-state index contributed by atoms with van der Waals surface area (Å²) in [4.78, 5) is 18.5. The van der Waals surface area contributed by atoms with E-state index in [9.17, 15) is 4.79 Å². The zero-order chi connectivity index (χ0) is 17.6. The second kappa shape index (κ2) is 8.00. The summed E-state index contributed by atoms with van der Waals surface area (Å²) >= 11 is 0. The predicted molar refractivity (Wildman–Crippen MR) is 91.9 cm³/mol. The Morgan fingerprint density at radius 3 is 3.04 bits per heavy atom. The molecule has 2 aromatic rings. The Bertz CT molecular complexity index is 729. The van der Waals surface area contributed by atoms with E-state index in [2.05, 4.69) is 22.0 Å². The summed E-state index contributed by atoms with van der Waals surface area (Å²) in [6, 6.07) is 5.31. The lowest BCUT2D eigenvalue weighted by Crippen LogP contribution is -2.32. The van der Waals surface area contributed by atoms with Crippen molar-refractivity contribution < 1.29 is 18.8 Å². The minimum Gasteiger partial charge on any atom is -0.490 e. The number of benzene rings is 1. The molecule has 25 heavy (non-hydrogen) atoms. The number of ether oxygens (including phenoxy) is 2. The molecule has 0 amide bonds. The molecule has 0 saturated heterocycles. The van der Waals surface area contributed by atoms with Crippen molar-refractivity contribution in [2.45, 2.75) is 39.7 Å². The molecule has 1 aromatic heterocycles. The van der Waals surface area contributed by atoms with Crippen LogP contribution >= 0.6 is 0 Å². The van der Waals surface area contributed by atoms with Gasteiger partial charge in [-0.3, -0.25) is 0 Å². The fraction of sp³-hybridized carbons (Fsp3) is 0.500. The van der Waals surface area contributed by atoms with E-state index >= 15 is 0 Å². The monoisotopic (exact) mass is 345 g/mol. The van der Waals surface area contributed by atoms with Gasteiger partial charge in [0.15, 0.2) is 5.82 Å². The SMILES string of the molecule is CCCCc1noc(CN2CCOc3ccc(C(=O)OCC)cc32)n1. The first-order valence-electron chi connectivity index (χ1n) is 8.71. The van der Waals surface area contributed by atoms with Crippen molar-refractivity contribution in [3.63, 3.8) is 0 Å². The van der Waals surface area contributed by atoms with Crippen LogP contribution in [0.15, 0.2) is 22.7 Å². The van der Waals surface area contributed by atoms with E-state index in [0.717, 1.165) is 36.5 Å². The molecular formula is C18H23N3O4. The predicted octanol–water partition coefficient (Wildman–Crippen LogP) is 2.99. The average molecular weight is 345 g/mol. The molecule has 0 unspecified atom stereocenters. The van der Waals surface area contributed by atoms with Crippen molar-refractivity contribution in [2.24, 2.45) is 0 Å². The van der Waals surface area contributed by atoms with Crippen molar-refractivity contribution >= 4 is 11.7 Å². The molecule has 0 radical (unpaired) electrons. The van der Waals surface area contributed by atoms with Crippen LogP contribution < -0.4 is 9.64 Å². The van der Waals surface area contributed by atoms with E-state index in [1.807, 2.05) is 0 Å². The molecule has 0 aliphatic carbocycles. The molecule has 0 spiro atoms. The van der Waals surface area contributed by atoms with Crippen LogP contribution in [0.1, 0.15) is 48.8 Å². The number of unbranched alkanes of at least 4 members (excludes halogenated alkanes) is 1. The maximum Gasteiger partial charge on any atom is 0.338 e. The Balaban J connectivity index is 1.77. The number of carbonyl (C=O) groups excluding carboxylic acids is 1. The van der Waals surface area contributed by atoms with Gasteiger partial charge in [0.05, 0.1) is 30.9 Å². The summed E-state index contributed by atoms with van der Waals surface area (Å²) in [7, 11) is 0. The molecule has 1 aliphatic rings. The Kier molecular flexibility index (Phi) is 5.53. The topological polar surface area (TPSA) is 77.7 Å². The van der Waals surface area contributed by atoms with Gasteiger partial charge < -0.3 is 18.9 Å². The number of hydrogen-bond acceptors (Lipinski definition) is 7. The van der Waals surface area contributed by atoms with Crippen LogP contribution in [0.2, 0.25) is 0 Å². The van der Waals surface area contributed by atoms with Gasteiger partial charge >= 0.3 is 5.97 Å². The number of esters is 1. The quantitative estimate of drug-likeness (QED) is 0.714. The third-order valence-corrected chi connectivity index (χ3v) is 4.02. The lowest BCUT2D eigenvalue weighted by atomic mass is 10.1. The number of aryl methyl sites for hydroxylation is 1. The maximum absolute atomic E-state index is 12.0. The van der Waals surface area contributed by atoms with Crippen LogP contribution in [0.25, 0.3) is 0 Å². The smallest absolute Gasteiger partial charge is 0.338 e. The van der Waals surface area contributed by atoms with Gasteiger partial charge in [-0.1, -0.05) is 18.5 Å². The summed E-state index contributed by atoms with van der Waals surface area (Å²) in [6.45, 7) is 6.01. The standard InChI is InChI=1S/C18H23N3O4/c1-3-5-6-16-19-17(25-20-16)12-21-9-10-24-15-8-7-13(11-14(15)21)18(22)23-4-2/h7-8,11H,3-6,9-10,12H2,1-2H3. The Morgan fingerprint density at radius 1 is 1.36 bits per heavy atom. The van der Waals surface area contributed by atoms with Gasteiger partial charge in [-0.2, -0.15) is 4.98 Å². The van der Waals surface area contributed by atoms with Gasteiger partial charge in [-0.05, 0) is 31.5 Å². The number of hydrogen-bond donors (Lipinski definition) is 0. The molecule has 7 heteroatoms. The van der Waals surface area contributed by atoms with Crippen molar-refractivity contribution in [3.05, 3.63) is 35.5 Å². The van der Waals surface area contributed by atoms with Crippen molar-refractivity contribution in [1.29, 1.82) is 0 Å². The van der Waals surface area contributed by atoms with Gasteiger partial charge in [0.2, 0.25) is 5.89 Å². The molecule has 134 valence electrons. The normalized spacial score (nSPS) is 13.3. The lowest BCUT2D eigenvalue weighted by Gasteiger charge is -2.30. The van der Waals surface area contributed by atoms with Crippen LogP contribution in [0.5, 0.6) is 5.75 Å². The van der Waals surface area contributed by atoms with Crippen molar-refractivity contribution in [2.75, 3.05) is 24.7 Å². The largest absolute Gasteiger partial charge is 0.490 e. The molecule has 1 aliphatic heterocycles. The Morgan fingerprint density at radius 2 is 2.24 bits per heavy atom. The highest BCUT2D eigenvalue weighted by molar-refractivity contribution is 5.91. The molecule has 0 fully saturated rings. The Hall–Kier alpha value is -2.57. The Labute approximate surface area is 146 Å². The number of anilines is 1. The van der Waals surface area contributed by atoms with Crippen LogP contribution in [-0.2, 0) is 17.7 Å². The first-order valence-corrected chi connectivity index (χ1v) is 8.71. The fourth-order valence-corrected chi connectivity index (χ4v) is 2.73. The van der Waals surface area contributed by atoms with Crippen LogP contribution in [0.3, 0.4) is 0 Å². The maximum atomic E-state index is 12.0. The number of nitrogens with zero attached hydrogens (tertiary/aromatic N) is 3. The lowest BCUT2D eigenvalue weighted by molar-refractivity contribution is 0.0526. The minimum absolute atomic E-state index is 0.338. The summed E-state index contributed by atoms with van der Waals surface area (Å²) in [5.74, 6) is 1.71. The third-order valence-electron chi connectivity index (χ3n) is 4.02. The second-order valence-corrected chi connectivity index (χ2v) is 5.88. The van der Waals surface area contributed by atoms with Gasteiger partial charge in [-0.15, -0.1) is 0 Å². The van der Waals surface area contributed by atoms with E-state index in [-0.39, 0.29) is 5.97 Å². The van der Waals surface area contributed by atoms with E-state index < -0.39 is 0 Å². The van der Waals surface area contributed by atoms with Crippen LogP contribution in [0.4, 0.5) is 5.69 Å². The highest BCUT2D eigenvalue weighted by Crippen LogP contribution is 2.33. The first kappa shape index (κ1) is 17.3. The fourth-order valence-electron chi connectivity index (χ4n) is 2.73. The van der Waals surface area contributed by atoms with Gasteiger partial charge in [-0.25, -0.2) is 4.79 Å². The summed E-state index contributed by atoms with van der Waals surface area (Å²) in [5, 5.41) is 4.03. The molecule has 0 N–H and O–H groups in total.